The van der Waals surface area contributed by atoms with E-state index in [1.54, 1.807) is 49.6 Å². The number of fused-ring (bicyclic) bond motifs is 19. The fraction of sp³-hybridized carbons (Fsp3) is 0.467. The molecule has 0 saturated heterocycles. The van der Waals surface area contributed by atoms with Crippen molar-refractivity contribution < 1.29 is 28.7 Å². The second-order valence-electron chi connectivity index (χ2n) is 10.7. The van der Waals surface area contributed by atoms with Crippen molar-refractivity contribution in [3.63, 3.8) is 0 Å². The van der Waals surface area contributed by atoms with Gasteiger partial charge in [-0.1, -0.05) is 26.0 Å². The van der Waals surface area contributed by atoms with Gasteiger partial charge >= 0.3 is 0 Å². The van der Waals surface area contributed by atoms with Crippen LogP contribution in [0.1, 0.15) is 49.0 Å². The Bertz CT molecular complexity index is 1220. The number of hydrogen-bond acceptors (Lipinski definition) is 7. The van der Waals surface area contributed by atoms with E-state index >= 15 is 0 Å². The highest BCUT2D eigenvalue weighted by molar-refractivity contribution is 5.97. The van der Waals surface area contributed by atoms with Crippen molar-refractivity contribution in [2.75, 3.05) is 33.3 Å². The maximum Gasteiger partial charge on any atom is 0.258 e. The highest BCUT2D eigenvalue weighted by Gasteiger charge is 2.25. The second-order valence-corrected chi connectivity index (χ2v) is 10.7. The van der Waals surface area contributed by atoms with Crippen LogP contribution < -0.4 is 26.0 Å². The Morgan fingerprint density at radius 2 is 1.83 bits per heavy atom. The minimum Gasteiger partial charge on any atom is -0.484 e. The maximum absolute atomic E-state index is 13.1. The molecule has 3 heterocycles. The third kappa shape index (κ3) is 10.5. The van der Waals surface area contributed by atoms with Crippen LogP contribution >= 0.6 is 0 Å². The minimum atomic E-state index is -0.898. The van der Waals surface area contributed by atoms with E-state index in [-0.39, 0.29) is 62.7 Å². The van der Waals surface area contributed by atoms with Crippen LogP contribution in [0.5, 0.6) is 5.75 Å². The van der Waals surface area contributed by atoms with Crippen molar-refractivity contribution in [2.45, 2.75) is 51.6 Å². The van der Waals surface area contributed by atoms with Gasteiger partial charge in [-0.15, -0.1) is 0 Å². The minimum absolute atomic E-state index is 0.107. The first-order valence-corrected chi connectivity index (χ1v) is 14.1. The van der Waals surface area contributed by atoms with E-state index in [0.717, 1.165) is 5.56 Å². The van der Waals surface area contributed by atoms with Crippen molar-refractivity contribution in [3.8, 4) is 5.75 Å². The number of likely N-dealkylation sites (N-methyl/N-ethyl adjacent to an activating group) is 1. The first-order valence-electron chi connectivity index (χ1n) is 14.1. The van der Waals surface area contributed by atoms with Crippen molar-refractivity contribution >= 4 is 29.5 Å². The molecule has 4 rings (SSSR count). The van der Waals surface area contributed by atoms with E-state index in [1.165, 1.54) is 11.1 Å². The summed E-state index contributed by atoms with van der Waals surface area (Å²) in [6.45, 7) is 4.43. The predicted octanol–water partition coefficient (Wildman–Crippen LogP) is 0.817. The van der Waals surface area contributed by atoms with Crippen LogP contribution in [0, 0.1) is 5.92 Å². The zero-order valence-corrected chi connectivity index (χ0v) is 24.4. The molecule has 226 valence electrons. The number of amides is 5. The van der Waals surface area contributed by atoms with Crippen molar-refractivity contribution in [3.05, 3.63) is 59.9 Å². The maximum atomic E-state index is 13.1. The normalized spacial score (nSPS) is 20.0. The lowest BCUT2D eigenvalue weighted by molar-refractivity contribution is -0.136. The zero-order valence-electron chi connectivity index (χ0n) is 24.4. The standard InChI is InChI=1S/C30H40N6O6/c1-20(2)16-25-30(41)36(3)15-14-32-27(38)19-42-23-10-8-21(9-11-23)17-24(29(40)33-13-5-7-26(37)34-25)35-28(39)22-6-4-12-31-18-22/h4,6,8-12,18,20,24-25H,5,7,13-17,19H2,1-3H3,(H,32,38)(H,33,40)(H,34,37)(H,35,39)/t24-,25-/m0/s1. The van der Waals surface area contributed by atoms with Crippen molar-refractivity contribution in [2.24, 2.45) is 5.92 Å². The summed E-state index contributed by atoms with van der Waals surface area (Å²) in [5.74, 6) is -1.10. The monoisotopic (exact) mass is 580 g/mol. The Labute approximate surface area is 246 Å². The van der Waals surface area contributed by atoms with Gasteiger partial charge in [0.15, 0.2) is 6.61 Å². The molecule has 1 aromatic carbocycles. The fourth-order valence-electron chi connectivity index (χ4n) is 4.39. The number of rotatable bonds is 4. The van der Waals surface area contributed by atoms with Crippen LogP contribution in [0.3, 0.4) is 0 Å². The van der Waals surface area contributed by atoms with E-state index in [1.807, 2.05) is 13.8 Å². The smallest absolute Gasteiger partial charge is 0.258 e. The van der Waals surface area contributed by atoms with Gasteiger partial charge in [0.2, 0.25) is 17.7 Å². The number of carbonyl (C=O) groups excluding carboxylic acids is 5. The quantitative estimate of drug-likeness (QED) is 0.390. The first kappa shape index (κ1) is 32.0. The molecule has 12 heteroatoms. The first-order chi connectivity index (χ1) is 20.1. The lowest BCUT2D eigenvalue weighted by Gasteiger charge is -2.26. The molecule has 0 saturated carbocycles. The number of hydrogen-bond donors (Lipinski definition) is 4. The summed E-state index contributed by atoms with van der Waals surface area (Å²) < 4.78 is 5.58. The molecule has 0 fully saturated rings. The molecule has 4 N–H and O–H groups in total. The number of carbonyl (C=O) groups is 5. The van der Waals surface area contributed by atoms with Crippen molar-refractivity contribution in [1.29, 1.82) is 0 Å². The van der Waals surface area contributed by atoms with E-state index in [0.29, 0.717) is 24.2 Å². The highest BCUT2D eigenvalue weighted by atomic mass is 16.5. The van der Waals surface area contributed by atoms with E-state index < -0.39 is 23.9 Å². The number of benzene rings is 1. The van der Waals surface area contributed by atoms with Crippen molar-refractivity contribution in [1.82, 2.24) is 31.2 Å². The molecular weight excluding hydrogens is 540 g/mol. The summed E-state index contributed by atoms with van der Waals surface area (Å²) in [5.41, 5.74) is 1.09. The van der Waals surface area contributed by atoms with Crippen LogP contribution in [0.25, 0.3) is 0 Å². The average molecular weight is 581 g/mol. The molecule has 2 bridgehead atoms. The zero-order chi connectivity index (χ0) is 30.5. The molecule has 2 aromatic rings. The number of nitrogens with one attached hydrogen (secondary N) is 4. The number of ether oxygens (including phenoxy) is 1. The van der Waals surface area contributed by atoms with Crippen LogP contribution in [0.4, 0.5) is 0 Å². The third-order valence-corrected chi connectivity index (χ3v) is 6.64. The lowest BCUT2D eigenvalue weighted by atomic mass is 10.0. The molecule has 12 nitrogen and oxygen atoms in total. The molecule has 0 radical (unpaired) electrons. The Hall–Kier alpha value is -4.48. The average Bonchev–Trinajstić information content (AvgIpc) is 2.97. The van der Waals surface area contributed by atoms with Gasteiger partial charge in [-0.25, -0.2) is 0 Å². The predicted molar refractivity (Wildman–Crippen MR) is 155 cm³/mol. The van der Waals surface area contributed by atoms with E-state index in [4.69, 9.17) is 4.74 Å². The Balaban J connectivity index is 1.75. The third-order valence-electron chi connectivity index (χ3n) is 6.64. The van der Waals surface area contributed by atoms with E-state index in [2.05, 4.69) is 26.3 Å². The van der Waals surface area contributed by atoms with Gasteiger partial charge in [-0.05, 0) is 48.6 Å². The van der Waals surface area contributed by atoms with Gasteiger partial charge < -0.3 is 30.9 Å². The molecule has 42 heavy (non-hydrogen) atoms. The summed E-state index contributed by atoms with van der Waals surface area (Å²) in [4.78, 5) is 69.5. The lowest BCUT2D eigenvalue weighted by Crippen LogP contribution is -2.50. The van der Waals surface area contributed by atoms with E-state index in [9.17, 15) is 24.0 Å². The molecule has 0 unspecified atom stereocenters. The van der Waals surface area contributed by atoms with Crippen LogP contribution in [-0.4, -0.2) is 84.8 Å². The summed E-state index contributed by atoms with van der Waals surface area (Å²) in [5, 5.41) is 11.1. The topological polar surface area (TPSA) is 159 Å². The fourth-order valence-corrected chi connectivity index (χ4v) is 4.39. The Kier molecular flexibility index (Phi) is 12.3. The van der Waals surface area contributed by atoms with Gasteiger partial charge in [-0.2, -0.15) is 0 Å². The van der Waals surface area contributed by atoms with Crippen LogP contribution in [-0.2, 0) is 25.6 Å². The molecule has 1 aromatic heterocycles. The summed E-state index contributed by atoms with van der Waals surface area (Å²) in [6, 6.07) is 8.52. The summed E-state index contributed by atoms with van der Waals surface area (Å²) in [6.07, 6.45) is 4.08. The van der Waals surface area contributed by atoms with Crippen LogP contribution in [0.15, 0.2) is 48.8 Å². The van der Waals surface area contributed by atoms with Gasteiger partial charge in [0.05, 0.1) is 5.56 Å². The molecule has 2 aliphatic heterocycles. The number of aromatic nitrogens is 1. The molecule has 5 amide bonds. The SMILES string of the molecule is CC(C)C[C@@H]1NC(=O)CCCNC(=O)[C@@H](NC(=O)c2cccnc2)Cc2ccc(cc2)OCC(=O)NCCN(C)C1=O. The molecular formula is C30H40N6O6. The molecule has 0 spiro atoms. The number of pyridine rings is 1. The van der Waals surface area contributed by atoms with Gasteiger partial charge in [0, 0.05) is 51.9 Å². The molecule has 2 atom stereocenters. The number of nitrogens with zero attached hydrogens (tertiary/aromatic N) is 2. The Morgan fingerprint density at radius 1 is 1.07 bits per heavy atom. The second kappa shape index (κ2) is 16.1. The van der Waals surface area contributed by atoms with Gasteiger partial charge in [0.25, 0.3) is 11.8 Å². The summed E-state index contributed by atoms with van der Waals surface area (Å²) >= 11 is 0. The molecule has 2 aliphatic rings. The largest absolute Gasteiger partial charge is 0.484 e. The highest BCUT2D eigenvalue weighted by Crippen LogP contribution is 2.14. The van der Waals surface area contributed by atoms with Gasteiger partial charge in [0.1, 0.15) is 17.8 Å². The van der Waals surface area contributed by atoms with Gasteiger partial charge in [-0.3, -0.25) is 29.0 Å². The van der Waals surface area contributed by atoms with Crippen LogP contribution in [0.2, 0.25) is 0 Å². The Morgan fingerprint density at radius 3 is 2.52 bits per heavy atom. The summed E-state index contributed by atoms with van der Waals surface area (Å²) in [7, 11) is 1.63. The molecule has 0 aliphatic carbocycles.